The average molecular weight is 186 g/mol. The van der Waals surface area contributed by atoms with E-state index in [2.05, 4.69) is 0 Å². The van der Waals surface area contributed by atoms with Crippen LogP contribution in [0, 0.1) is 0 Å². The molecule has 0 atom stereocenters. The maximum Gasteiger partial charge on any atom is 0.120 e. The van der Waals surface area contributed by atoms with Crippen LogP contribution in [0.3, 0.4) is 0 Å². The SMILES string of the molecule is CN(C)Cc1cc(Cl)ccc1O. The molecule has 0 aliphatic heterocycles. The summed E-state index contributed by atoms with van der Waals surface area (Å²) < 4.78 is 0. The van der Waals surface area contributed by atoms with Crippen molar-refractivity contribution < 1.29 is 5.11 Å². The minimum absolute atomic E-state index is 0.299. The van der Waals surface area contributed by atoms with Gasteiger partial charge in [0.25, 0.3) is 0 Å². The maximum atomic E-state index is 9.40. The number of hydrogen-bond acceptors (Lipinski definition) is 2. The van der Waals surface area contributed by atoms with Crippen LogP contribution in [0.15, 0.2) is 18.2 Å². The molecule has 0 spiro atoms. The molecule has 1 rings (SSSR count). The van der Waals surface area contributed by atoms with Gasteiger partial charge < -0.3 is 10.0 Å². The van der Waals surface area contributed by atoms with Gasteiger partial charge in [0.05, 0.1) is 0 Å². The van der Waals surface area contributed by atoms with Crippen molar-refractivity contribution in [1.82, 2.24) is 4.90 Å². The Labute approximate surface area is 77.4 Å². The number of benzene rings is 1. The number of phenolic OH excluding ortho intramolecular Hbond substituents is 1. The van der Waals surface area contributed by atoms with Crippen LogP contribution in [-0.2, 0) is 6.54 Å². The predicted octanol–water partition coefficient (Wildman–Crippen LogP) is 2.11. The Balaban J connectivity index is 2.90. The average Bonchev–Trinajstić information content (AvgIpc) is 1.96. The number of nitrogens with zero attached hydrogens (tertiary/aromatic N) is 1. The Kier molecular flexibility index (Phi) is 2.95. The van der Waals surface area contributed by atoms with Gasteiger partial charge in [0.15, 0.2) is 0 Å². The standard InChI is InChI=1S/C9H12ClNO/c1-11(2)6-7-5-8(10)3-4-9(7)12/h3-5,12H,6H2,1-2H3. The van der Waals surface area contributed by atoms with E-state index < -0.39 is 0 Å². The van der Waals surface area contributed by atoms with E-state index >= 15 is 0 Å². The summed E-state index contributed by atoms with van der Waals surface area (Å²) in [5, 5.41) is 10.1. The molecule has 12 heavy (non-hydrogen) atoms. The summed E-state index contributed by atoms with van der Waals surface area (Å²) in [5.41, 5.74) is 0.854. The third kappa shape index (κ3) is 2.40. The molecule has 1 aromatic carbocycles. The minimum Gasteiger partial charge on any atom is -0.508 e. The molecule has 0 aliphatic carbocycles. The molecule has 3 heteroatoms. The molecule has 0 radical (unpaired) electrons. The maximum absolute atomic E-state index is 9.40. The Morgan fingerprint density at radius 3 is 2.67 bits per heavy atom. The monoisotopic (exact) mass is 185 g/mol. The molecule has 0 unspecified atom stereocenters. The lowest BCUT2D eigenvalue weighted by Crippen LogP contribution is -2.10. The fourth-order valence-electron chi connectivity index (χ4n) is 1.02. The van der Waals surface area contributed by atoms with E-state index in [-0.39, 0.29) is 0 Å². The molecule has 2 nitrogen and oxygen atoms in total. The van der Waals surface area contributed by atoms with Crippen molar-refractivity contribution >= 4 is 11.6 Å². The van der Waals surface area contributed by atoms with Gasteiger partial charge in [-0.25, -0.2) is 0 Å². The van der Waals surface area contributed by atoms with E-state index in [0.717, 1.165) is 5.56 Å². The van der Waals surface area contributed by atoms with E-state index in [0.29, 0.717) is 17.3 Å². The lowest BCUT2D eigenvalue weighted by Gasteiger charge is -2.10. The summed E-state index contributed by atoms with van der Waals surface area (Å²) in [5.74, 6) is 0.299. The van der Waals surface area contributed by atoms with E-state index in [1.807, 2.05) is 19.0 Å². The number of halogens is 1. The fourth-order valence-corrected chi connectivity index (χ4v) is 1.22. The third-order valence-corrected chi connectivity index (χ3v) is 1.76. The molecule has 0 aromatic heterocycles. The smallest absolute Gasteiger partial charge is 0.120 e. The van der Waals surface area contributed by atoms with Gasteiger partial charge in [-0.1, -0.05) is 11.6 Å². The molecule has 0 saturated heterocycles. The zero-order valence-electron chi connectivity index (χ0n) is 7.21. The van der Waals surface area contributed by atoms with Gasteiger partial charge in [0.2, 0.25) is 0 Å². The Morgan fingerprint density at radius 1 is 1.42 bits per heavy atom. The van der Waals surface area contributed by atoms with Gasteiger partial charge in [-0.3, -0.25) is 0 Å². The minimum atomic E-state index is 0.299. The highest BCUT2D eigenvalue weighted by Crippen LogP contribution is 2.21. The second-order valence-electron chi connectivity index (χ2n) is 3.01. The van der Waals surface area contributed by atoms with Gasteiger partial charge in [0, 0.05) is 17.1 Å². The normalized spacial score (nSPS) is 10.7. The molecule has 0 saturated carbocycles. The highest BCUT2D eigenvalue weighted by Gasteiger charge is 2.02. The highest BCUT2D eigenvalue weighted by atomic mass is 35.5. The van der Waals surface area contributed by atoms with E-state index in [1.165, 1.54) is 0 Å². The highest BCUT2D eigenvalue weighted by molar-refractivity contribution is 6.30. The summed E-state index contributed by atoms with van der Waals surface area (Å²) in [6.07, 6.45) is 0. The van der Waals surface area contributed by atoms with Crippen molar-refractivity contribution in [2.24, 2.45) is 0 Å². The van der Waals surface area contributed by atoms with Crippen molar-refractivity contribution in [3.8, 4) is 5.75 Å². The van der Waals surface area contributed by atoms with Crippen LogP contribution >= 0.6 is 11.6 Å². The van der Waals surface area contributed by atoms with Crippen LogP contribution in [0.2, 0.25) is 5.02 Å². The first-order chi connectivity index (χ1) is 5.59. The second kappa shape index (κ2) is 3.78. The largest absolute Gasteiger partial charge is 0.508 e. The first kappa shape index (κ1) is 9.36. The molecule has 1 aromatic rings. The lowest BCUT2D eigenvalue weighted by molar-refractivity contribution is 0.386. The van der Waals surface area contributed by atoms with Gasteiger partial charge in [-0.05, 0) is 32.3 Å². The topological polar surface area (TPSA) is 23.5 Å². The van der Waals surface area contributed by atoms with Gasteiger partial charge in [-0.2, -0.15) is 0 Å². The Hall–Kier alpha value is -0.730. The summed E-state index contributed by atoms with van der Waals surface area (Å²) in [6.45, 7) is 0.701. The predicted molar refractivity (Wildman–Crippen MR) is 50.5 cm³/mol. The molecule has 0 aliphatic rings. The Morgan fingerprint density at radius 2 is 2.08 bits per heavy atom. The molecule has 1 N–H and O–H groups in total. The molecular formula is C9H12ClNO. The van der Waals surface area contributed by atoms with Crippen molar-refractivity contribution in [3.05, 3.63) is 28.8 Å². The van der Waals surface area contributed by atoms with E-state index in [4.69, 9.17) is 11.6 Å². The molecule has 0 amide bonds. The number of rotatable bonds is 2. The van der Waals surface area contributed by atoms with Crippen LogP contribution < -0.4 is 0 Å². The quantitative estimate of drug-likeness (QED) is 0.763. The fraction of sp³-hybridized carbons (Fsp3) is 0.333. The summed E-state index contributed by atoms with van der Waals surface area (Å²) in [7, 11) is 3.89. The third-order valence-electron chi connectivity index (χ3n) is 1.53. The lowest BCUT2D eigenvalue weighted by atomic mass is 10.2. The molecular weight excluding hydrogens is 174 g/mol. The van der Waals surface area contributed by atoms with E-state index in [1.54, 1.807) is 18.2 Å². The first-order valence-electron chi connectivity index (χ1n) is 3.71. The molecule has 0 bridgehead atoms. The molecule has 0 heterocycles. The van der Waals surface area contributed by atoms with Crippen LogP contribution in [0.25, 0.3) is 0 Å². The van der Waals surface area contributed by atoms with Crippen LogP contribution in [0.4, 0.5) is 0 Å². The first-order valence-corrected chi connectivity index (χ1v) is 4.09. The van der Waals surface area contributed by atoms with Gasteiger partial charge >= 0.3 is 0 Å². The molecule has 66 valence electrons. The van der Waals surface area contributed by atoms with Crippen molar-refractivity contribution in [3.63, 3.8) is 0 Å². The van der Waals surface area contributed by atoms with Gasteiger partial charge in [0.1, 0.15) is 5.75 Å². The van der Waals surface area contributed by atoms with E-state index in [9.17, 15) is 5.11 Å². The number of aromatic hydroxyl groups is 1. The van der Waals surface area contributed by atoms with Crippen LogP contribution in [-0.4, -0.2) is 24.1 Å². The Bertz CT molecular complexity index is 273. The molecule has 0 fully saturated rings. The number of phenols is 1. The van der Waals surface area contributed by atoms with Crippen molar-refractivity contribution in [1.29, 1.82) is 0 Å². The van der Waals surface area contributed by atoms with Crippen molar-refractivity contribution in [2.75, 3.05) is 14.1 Å². The van der Waals surface area contributed by atoms with Gasteiger partial charge in [-0.15, -0.1) is 0 Å². The summed E-state index contributed by atoms with van der Waals surface area (Å²) in [4.78, 5) is 1.98. The van der Waals surface area contributed by atoms with Crippen LogP contribution in [0.5, 0.6) is 5.75 Å². The number of hydrogen-bond donors (Lipinski definition) is 1. The summed E-state index contributed by atoms with van der Waals surface area (Å²) >= 11 is 5.77. The second-order valence-corrected chi connectivity index (χ2v) is 3.45. The summed E-state index contributed by atoms with van der Waals surface area (Å²) in [6, 6.07) is 5.06. The zero-order chi connectivity index (χ0) is 9.14. The van der Waals surface area contributed by atoms with Crippen molar-refractivity contribution in [2.45, 2.75) is 6.54 Å². The van der Waals surface area contributed by atoms with Crippen LogP contribution in [0.1, 0.15) is 5.56 Å². The zero-order valence-corrected chi connectivity index (χ0v) is 7.97.